The van der Waals surface area contributed by atoms with E-state index in [4.69, 9.17) is 10.5 Å². The topological polar surface area (TPSA) is 72.6 Å². The Morgan fingerprint density at radius 1 is 1.17 bits per heavy atom. The minimum absolute atomic E-state index is 0. The molecular weight excluding hydrogens is 316 g/mol. The van der Waals surface area contributed by atoms with Gasteiger partial charge in [-0.15, -0.1) is 12.4 Å². The molecule has 1 aromatic carbocycles. The van der Waals surface area contributed by atoms with Gasteiger partial charge in [0.2, 0.25) is 5.91 Å². The van der Waals surface area contributed by atoms with Crippen molar-refractivity contribution in [2.24, 2.45) is 5.73 Å². The maximum absolute atomic E-state index is 12.1. The summed E-state index contributed by atoms with van der Waals surface area (Å²) in [7, 11) is 0. The third-order valence-electron chi connectivity index (χ3n) is 3.95. The minimum Gasteiger partial charge on any atom is -0.494 e. The predicted octanol–water partition coefficient (Wildman–Crippen LogP) is 2.42. The first-order chi connectivity index (χ1) is 10.6. The molecule has 128 valence electrons. The standard InChI is InChI=1S/C17H24N2O3.ClH/c1-2-22-15-5-3-13(4-6-15)16(20)7-8-17(21)19-11-9-14(18)10-12-19;/h3-6,14H,2,7-12,18H2,1H3;1H. The number of likely N-dealkylation sites (tertiary alicyclic amines) is 1. The van der Waals surface area contributed by atoms with Gasteiger partial charge in [-0.2, -0.15) is 0 Å². The first-order valence-corrected chi connectivity index (χ1v) is 7.89. The Labute approximate surface area is 143 Å². The third kappa shape index (κ3) is 5.84. The number of carbonyl (C=O) groups excluding carboxylic acids is 2. The molecule has 1 aliphatic rings. The fourth-order valence-corrected chi connectivity index (χ4v) is 2.58. The highest BCUT2D eigenvalue weighted by Crippen LogP contribution is 2.15. The fraction of sp³-hybridized carbons (Fsp3) is 0.529. The summed E-state index contributed by atoms with van der Waals surface area (Å²) in [6.07, 6.45) is 2.20. The smallest absolute Gasteiger partial charge is 0.223 e. The molecule has 1 heterocycles. The number of ketones is 1. The molecule has 0 saturated carbocycles. The van der Waals surface area contributed by atoms with E-state index in [1.54, 1.807) is 24.3 Å². The van der Waals surface area contributed by atoms with Crippen molar-refractivity contribution in [2.75, 3.05) is 19.7 Å². The molecule has 0 radical (unpaired) electrons. The summed E-state index contributed by atoms with van der Waals surface area (Å²) in [5.74, 6) is 0.788. The fourth-order valence-electron chi connectivity index (χ4n) is 2.58. The second kappa shape index (κ2) is 9.53. The van der Waals surface area contributed by atoms with Gasteiger partial charge in [-0.1, -0.05) is 0 Å². The number of nitrogens with two attached hydrogens (primary N) is 1. The molecule has 2 rings (SSSR count). The normalized spacial score (nSPS) is 15.0. The van der Waals surface area contributed by atoms with E-state index < -0.39 is 0 Å². The molecule has 1 aliphatic heterocycles. The van der Waals surface area contributed by atoms with Crippen LogP contribution in [0.4, 0.5) is 0 Å². The average Bonchev–Trinajstić information content (AvgIpc) is 2.54. The van der Waals surface area contributed by atoms with Crippen LogP contribution in [0, 0.1) is 0 Å². The van der Waals surface area contributed by atoms with Crippen LogP contribution >= 0.6 is 12.4 Å². The van der Waals surface area contributed by atoms with E-state index in [1.165, 1.54) is 0 Å². The van der Waals surface area contributed by atoms with E-state index in [1.807, 2.05) is 11.8 Å². The third-order valence-corrected chi connectivity index (χ3v) is 3.95. The van der Waals surface area contributed by atoms with Crippen molar-refractivity contribution in [1.29, 1.82) is 0 Å². The average molecular weight is 341 g/mol. The van der Waals surface area contributed by atoms with Crippen molar-refractivity contribution < 1.29 is 14.3 Å². The number of ether oxygens (including phenoxy) is 1. The number of nitrogens with zero attached hydrogens (tertiary/aromatic N) is 1. The second-order valence-electron chi connectivity index (χ2n) is 5.60. The van der Waals surface area contributed by atoms with Crippen LogP contribution in [-0.4, -0.2) is 42.3 Å². The molecule has 1 saturated heterocycles. The van der Waals surface area contributed by atoms with Gasteiger partial charge in [0.1, 0.15) is 5.75 Å². The van der Waals surface area contributed by atoms with Crippen molar-refractivity contribution in [3.63, 3.8) is 0 Å². The number of carbonyl (C=O) groups is 2. The highest BCUT2D eigenvalue weighted by molar-refractivity contribution is 5.98. The summed E-state index contributed by atoms with van der Waals surface area (Å²) in [6.45, 7) is 3.92. The first kappa shape index (κ1) is 19.5. The Hall–Kier alpha value is -1.59. The van der Waals surface area contributed by atoms with Crippen LogP contribution in [0.15, 0.2) is 24.3 Å². The molecule has 0 aromatic heterocycles. The molecule has 0 spiro atoms. The zero-order valence-electron chi connectivity index (χ0n) is 13.5. The van der Waals surface area contributed by atoms with Gasteiger partial charge in [-0.25, -0.2) is 0 Å². The molecule has 2 N–H and O–H groups in total. The van der Waals surface area contributed by atoms with Gasteiger partial charge in [0.15, 0.2) is 5.78 Å². The molecule has 1 amide bonds. The van der Waals surface area contributed by atoms with Gasteiger partial charge >= 0.3 is 0 Å². The predicted molar refractivity (Wildman–Crippen MR) is 92.2 cm³/mol. The number of halogens is 1. The Kier molecular flexibility index (Phi) is 8.06. The summed E-state index contributed by atoms with van der Waals surface area (Å²) in [5.41, 5.74) is 6.45. The van der Waals surface area contributed by atoms with Gasteiger partial charge in [0.25, 0.3) is 0 Å². The van der Waals surface area contributed by atoms with Crippen molar-refractivity contribution in [2.45, 2.75) is 38.6 Å². The highest BCUT2D eigenvalue weighted by Gasteiger charge is 2.21. The van der Waals surface area contributed by atoms with Crippen LogP contribution in [0.5, 0.6) is 5.75 Å². The highest BCUT2D eigenvalue weighted by atomic mass is 35.5. The van der Waals surface area contributed by atoms with E-state index in [0.29, 0.717) is 25.3 Å². The monoisotopic (exact) mass is 340 g/mol. The van der Waals surface area contributed by atoms with Gasteiger partial charge < -0.3 is 15.4 Å². The van der Waals surface area contributed by atoms with Crippen molar-refractivity contribution in [3.05, 3.63) is 29.8 Å². The SMILES string of the molecule is CCOc1ccc(C(=O)CCC(=O)N2CCC(N)CC2)cc1.Cl. The van der Waals surface area contributed by atoms with Crippen LogP contribution in [0.2, 0.25) is 0 Å². The second-order valence-corrected chi connectivity index (χ2v) is 5.60. The molecule has 0 unspecified atom stereocenters. The zero-order chi connectivity index (χ0) is 15.9. The summed E-state index contributed by atoms with van der Waals surface area (Å²) in [5, 5.41) is 0. The maximum atomic E-state index is 12.1. The van der Waals surface area contributed by atoms with E-state index in [-0.39, 0.29) is 43.0 Å². The molecule has 0 aliphatic carbocycles. The lowest BCUT2D eigenvalue weighted by Crippen LogP contribution is -2.42. The van der Waals surface area contributed by atoms with Crippen molar-refractivity contribution >= 4 is 24.1 Å². The number of rotatable bonds is 6. The van der Waals surface area contributed by atoms with Crippen LogP contribution in [0.25, 0.3) is 0 Å². The van der Waals surface area contributed by atoms with E-state index in [2.05, 4.69) is 0 Å². The Balaban J connectivity index is 0.00000264. The number of amides is 1. The number of hydrogen-bond donors (Lipinski definition) is 1. The van der Waals surface area contributed by atoms with Crippen LogP contribution in [0.1, 0.15) is 43.0 Å². The molecule has 6 heteroatoms. The van der Waals surface area contributed by atoms with Crippen molar-refractivity contribution in [1.82, 2.24) is 4.90 Å². The molecular formula is C17H25ClN2O3. The summed E-state index contributed by atoms with van der Waals surface area (Å²) in [4.78, 5) is 26.0. The number of piperidine rings is 1. The number of hydrogen-bond acceptors (Lipinski definition) is 4. The molecule has 1 aromatic rings. The van der Waals surface area contributed by atoms with Gasteiger partial charge in [-0.05, 0) is 44.0 Å². The largest absolute Gasteiger partial charge is 0.494 e. The maximum Gasteiger partial charge on any atom is 0.223 e. The Morgan fingerprint density at radius 3 is 2.35 bits per heavy atom. The molecule has 0 atom stereocenters. The van der Waals surface area contributed by atoms with Crippen LogP contribution in [0.3, 0.4) is 0 Å². The summed E-state index contributed by atoms with van der Waals surface area (Å²) >= 11 is 0. The molecule has 0 bridgehead atoms. The lowest BCUT2D eigenvalue weighted by Gasteiger charge is -2.30. The van der Waals surface area contributed by atoms with E-state index in [0.717, 1.165) is 18.6 Å². The first-order valence-electron chi connectivity index (χ1n) is 7.89. The lowest BCUT2D eigenvalue weighted by molar-refractivity contribution is -0.132. The van der Waals surface area contributed by atoms with E-state index >= 15 is 0 Å². The zero-order valence-corrected chi connectivity index (χ0v) is 14.3. The van der Waals surface area contributed by atoms with E-state index in [9.17, 15) is 9.59 Å². The Bertz CT molecular complexity index is 511. The Morgan fingerprint density at radius 2 is 1.78 bits per heavy atom. The molecule has 23 heavy (non-hydrogen) atoms. The number of Topliss-reactive ketones (excluding diaryl/α,β-unsaturated/α-hetero) is 1. The van der Waals surface area contributed by atoms with Crippen LogP contribution < -0.4 is 10.5 Å². The van der Waals surface area contributed by atoms with Gasteiger partial charge in [0.05, 0.1) is 6.61 Å². The van der Waals surface area contributed by atoms with Crippen LogP contribution in [-0.2, 0) is 4.79 Å². The number of benzene rings is 1. The summed E-state index contributed by atoms with van der Waals surface area (Å²) < 4.78 is 5.34. The van der Waals surface area contributed by atoms with Gasteiger partial charge in [-0.3, -0.25) is 9.59 Å². The summed E-state index contributed by atoms with van der Waals surface area (Å²) in [6, 6.07) is 7.26. The lowest BCUT2D eigenvalue weighted by atomic mass is 10.0. The quantitative estimate of drug-likeness (QED) is 0.807. The molecule has 1 fully saturated rings. The molecule has 5 nitrogen and oxygen atoms in total. The van der Waals surface area contributed by atoms with Crippen molar-refractivity contribution in [3.8, 4) is 5.75 Å². The minimum atomic E-state index is -0.00916. The van der Waals surface area contributed by atoms with Gasteiger partial charge in [0, 0.05) is 37.5 Å².